The van der Waals surface area contributed by atoms with Crippen LogP contribution in [-0.2, 0) is 9.53 Å². The quantitative estimate of drug-likeness (QED) is 0.748. The molecule has 20 heavy (non-hydrogen) atoms. The predicted octanol–water partition coefficient (Wildman–Crippen LogP) is 2.83. The van der Waals surface area contributed by atoms with Gasteiger partial charge in [-0.1, -0.05) is 6.07 Å². The van der Waals surface area contributed by atoms with Gasteiger partial charge in [0.05, 0.1) is 17.1 Å². The number of hydrogen-bond acceptors (Lipinski definition) is 5. The number of amides is 1. The molecule has 0 aliphatic carbocycles. The fourth-order valence-corrected chi connectivity index (χ4v) is 4.02. The Morgan fingerprint density at radius 1 is 1.40 bits per heavy atom. The van der Waals surface area contributed by atoms with Crippen molar-refractivity contribution in [2.75, 3.05) is 13.1 Å². The lowest BCUT2D eigenvalue weighted by molar-refractivity contribution is -0.113. The van der Waals surface area contributed by atoms with E-state index in [9.17, 15) is 4.79 Å². The summed E-state index contributed by atoms with van der Waals surface area (Å²) >= 11 is 3.09. The lowest BCUT2D eigenvalue weighted by Crippen LogP contribution is -2.47. The number of thioether (sulfide) groups is 1. The molecule has 1 saturated heterocycles. The van der Waals surface area contributed by atoms with E-state index >= 15 is 0 Å². The molecule has 2 unspecified atom stereocenters. The highest BCUT2D eigenvalue weighted by molar-refractivity contribution is 8.18. The molecule has 0 saturated carbocycles. The van der Waals surface area contributed by atoms with E-state index in [0.29, 0.717) is 4.91 Å². The third-order valence-electron chi connectivity index (χ3n) is 3.12. The first-order chi connectivity index (χ1) is 9.61. The number of nitrogens with zero attached hydrogens (tertiary/aromatic N) is 2. The maximum Gasteiger partial charge on any atom is 0.286 e. The fourth-order valence-electron chi connectivity index (χ4n) is 2.37. The zero-order valence-corrected chi connectivity index (χ0v) is 13.0. The Bertz CT molecular complexity index is 556. The number of thiophene rings is 1. The molecule has 0 bridgehead atoms. The molecule has 3 rings (SSSR count). The van der Waals surface area contributed by atoms with E-state index in [-0.39, 0.29) is 18.1 Å². The van der Waals surface area contributed by atoms with Crippen molar-refractivity contribution in [2.45, 2.75) is 26.1 Å². The third kappa shape index (κ3) is 2.97. The van der Waals surface area contributed by atoms with Gasteiger partial charge in [-0.15, -0.1) is 11.3 Å². The van der Waals surface area contributed by atoms with Gasteiger partial charge in [0.1, 0.15) is 0 Å². The number of morpholine rings is 1. The first kappa shape index (κ1) is 13.9. The number of amidine groups is 1. The molecule has 2 aliphatic rings. The number of aliphatic imine (C=N–C) groups is 1. The normalized spacial score (nSPS) is 29.1. The fraction of sp³-hybridized carbons (Fsp3) is 0.429. The van der Waals surface area contributed by atoms with Crippen molar-refractivity contribution in [1.82, 2.24) is 4.90 Å². The smallest absolute Gasteiger partial charge is 0.286 e. The molecule has 1 fully saturated rings. The molecule has 4 nitrogen and oxygen atoms in total. The van der Waals surface area contributed by atoms with E-state index in [4.69, 9.17) is 4.74 Å². The average Bonchev–Trinajstić information content (AvgIpc) is 3.00. The molecular formula is C14H16N2O2S2. The average molecular weight is 308 g/mol. The molecule has 0 spiro atoms. The molecule has 6 heteroatoms. The first-order valence-corrected chi connectivity index (χ1v) is 8.28. The summed E-state index contributed by atoms with van der Waals surface area (Å²) in [7, 11) is 0. The second-order valence-corrected chi connectivity index (χ2v) is 6.98. The summed E-state index contributed by atoms with van der Waals surface area (Å²) in [5.74, 6) is -0.134. The molecular weight excluding hydrogens is 292 g/mol. The van der Waals surface area contributed by atoms with Crippen LogP contribution in [0.25, 0.3) is 6.08 Å². The number of rotatable bonds is 1. The summed E-state index contributed by atoms with van der Waals surface area (Å²) in [6, 6.07) is 3.98. The Balaban J connectivity index is 1.74. The zero-order valence-electron chi connectivity index (χ0n) is 11.4. The summed E-state index contributed by atoms with van der Waals surface area (Å²) in [5, 5.41) is 2.81. The largest absolute Gasteiger partial charge is 0.372 e. The zero-order chi connectivity index (χ0) is 14.1. The summed E-state index contributed by atoms with van der Waals surface area (Å²) in [6.45, 7) is 5.67. The van der Waals surface area contributed by atoms with Crippen molar-refractivity contribution < 1.29 is 9.53 Å². The first-order valence-electron chi connectivity index (χ1n) is 6.58. The van der Waals surface area contributed by atoms with Crippen LogP contribution in [0.1, 0.15) is 18.7 Å². The van der Waals surface area contributed by atoms with Crippen LogP contribution in [-0.4, -0.2) is 41.3 Å². The molecule has 2 atom stereocenters. The maximum atomic E-state index is 12.0. The number of carbonyl (C=O) groups is 1. The van der Waals surface area contributed by atoms with Crippen LogP contribution in [0.5, 0.6) is 0 Å². The number of carbonyl (C=O) groups excluding carboxylic acids is 1. The van der Waals surface area contributed by atoms with Gasteiger partial charge in [0.15, 0.2) is 5.17 Å². The highest BCUT2D eigenvalue weighted by atomic mass is 32.2. The lowest BCUT2D eigenvalue weighted by atomic mass is 10.2. The predicted molar refractivity (Wildman–Crippen MR) is 83.9 cm³/mol. The van der Waals surface area contributed by atoms with Gasteiger partial charge in [-0.3, -0.25) is 4.79 Å². The molecule has 1 aromatic rings. The SMILES string of the molecule is CC1CN(C2=NC(=O)/C(=C\c3cccs3)S2)CC(C)O1. The van der Waals surface area contributed by atoms with Crippen molar-refractivity contribution in [1.29, 1.82) is 0 Å². The van der Waals surface area contributed by atoms with Crippen LogP contribution >= 0.6 is 23.1 Å². The summed E-state index contributed by atoms with van der Waals surface area (Å²) < 4.78 is 5.71. The maximum absolute atomic E-state index is 12.0. The van der Waals surface area contributed by atoms with Crippen molar-refractivity contribution in [2.24, 2.45) is 4.99 Å². The van der Waals surface area contributed by atoms with E-state index in [2.05, 4.69) is 9.89 Å². The molecule has 106 valence electrons. The van der Waals surface area contributed by atoms with Crippen molar-refractivity contribution >= 4 is 40.2 Å². The Kier molecular flexibility index (Phi) is 3.96. The minimum atomic E-state index is -0.134. The second kappa shape index (κ2) is 5.71. The Labute approximate surface area is 126 Å². The van der Waals surface area contributed by atoms with Crippen LogP contribution in [0, 0.1) is 0 Å². The van der Waals surface area contributed by atoms with Gasteiger partial charge in [0.2, 0.25) is 0 Å². The van der Waals surface area contributed by atoms with Crippen LogP contribution in [0.2, 0.25) is 0 Å². The van der Waals surface area contributed by atoms with E-state index in [0.717, 1.165) is 23.1 Å². The molecule has 0 aromatic carbocycles. The standard InChI is InChI=1S/C14H16N2O2S2/c1-9-7-16(8-10(2)18-9)14-15-13(17)12(20-14)6-11-4-3-5-19-11/h3-6,9-10H,7-8H2,1-2H3/b12-6+. The number of hydrogen-bond donors (Lipinski definition) is 0. The van der Waals surface area contributed by atoms with Crippen molar-refractivity contribution in [3.63, 3.8) is 0 Å². The summed E-state index contributed by atoms with van der Waals surface area (Å²) in [6.07, 6.45) is 2.26. The molecule has 1 amide bonds. The third-order valence-corrected chi connectivity index (χ3v) is 4.98. The van der Waals surface area contributed by atoms with Gasteiger partial charge in [-0.2, -0.15) is 4.99 Å². The lowest BCUT2D eigenvalue weighted by Gasteiger charge is -2.35. The van der Waals surface area contributed by atoms with Crippen LogP contribution < -0.4 is 0 Å². The van der Waals surface area contributed by atoms with E-state index in [1.165, 1.54) is 11.8 Å². The van der Waals surface area contributed by atoms with Crippen LogP contribution in [0.3, 0.4) is 0 Å². The van der Waals surface area contributed by atoms with Gasteiger partial charge in [0, 0.05) is 18.0 Å². The van der Waals surface area contributed by atoms with E-state index < -0.39 is 0 Å². The number of ether oxygens (including phenoxy) is 1. The highest BCUT2D eigenvalue weighted by Crippen LogP contribution is 2.32. The van der Waals surface area contributed by atoms with Crippen LogP contribution in [0.4, 0.5) is 0 Å². The van der Waals surface area contributed by atoms with E-state index in [1.54, 1.807) is 11.3 Å². The van der Waals surface area contributed by atoms with Gasteiger partial charge in [0.25, 0.3) is 5.91 Å². The minimum Gasteiger partial charge on any atom is -0.372 e. The Morgan fingerprint density at radius 2 is 2.15 bits per heavy atom. The van der Waals surface area contributed by atoms with Gasteiger partial charge >= 0.3 is 0 Å². The molecule has 0 radical (unpaired) electrons. The second-order valence-electron chi connectivity index (χ2n) is 4.99. The topological polar surface area (TPSA) is 41.9 Å². The molecule has 3 heterocycles. The molecule has 1 aromatic heterocycles. The summed E-state index contributed by atoms with van der Waals surface area (Å²) in [5.41, 5.74) is 0. The Hall–Kier alpha value is -1.11. The van der Waals surface area contributed by atoms with Gasteiger partial charge in [-0.05, 0) is 43.1 Å². The van der Waals surface area contributed by atoms with Crippen molar-refractivity contribution in [3.05, 3.63) is 27.3 Å². The van der Waals surface area contributed by atoms with Gasteiger partial charge in [-0.25, -0.2) is 0 Å². The summed E-state index contributed by atoms with van der Waals surface area (Å²) in [4.78, 5) is 20.1. The minimum absolute atomic E-state index is 0.134. The van der Waals surface area contributed by atoms with E-state index in [1.807, 2.05) is 37.4 Å². The van der Waals surface area contributed by atoms with Crippen molar-refractivity contribution in [3.8, 4) is 0 Å². The van der Waals surface area contributed by atoms with Gasteiger partial charge < -0.3 is 9.64 Å². The Morgan fingerprint density at radius 3 is 2.80 bits per heavy atom. The highest BCUT2D eigenvalue weighted by Gasteiger charge is 2.30. The monoisotopic (exact) mass is 308 g/mol. The molecule has 2 aliphatic heterocycles. The molecule has 0 N–H and O–H groups in total. The van der Waals surface area contributed by atoms with Crippen LogP contribution in [0.15, 0.2) is 27.4 Å².